The zero-order valence-corrected chi connectivity index (χ0v) is 19.1. The number of nitro groups is 1. The second kappa shape index (κ2) is 8.75. The van der Waals surface area contributed by atoms with E-state index in [0.29, 0.717) is 31.9 Å². The molecule has 174 valence electrons. The molecule has 1 aromatic heterocycles. The zero-order valence-electron chi connectivity index (χ0n) is 18.3. The summed E-state index contributed by atoms with van der Waals surface area (Å²) in [5, 5.41) is 11.9. The number of nitro benzene ring substituents is 1. The summed E-state index contributed by atoms with van der Waals surface area (Å²) in [6.07, 6.45) is 4.44. The predicted molar refractivity (Wildman–Crippen MR) is 126 cm³/mol. The van der Waals surface area contributed by atoms with Gasteiger partial charge in [0.2, 0.25) is 10.0 Å². The highest BCUT2D eigenvalue weighted by atomic mass is 32.2. The lowest BCUT2D eigenvalue weighted by Crippen LogP contribution is -2.36. The van der Waals surface area contributed by atoms with E-state index in [1.165, 1.54) is 16.4 Å². The van der Waals surface area contributed by atoms with Crippen LogP contribution in [-0.4, -0.2) is 53.8 Å². The summed E-state index contributed by atoms with van der Waals surface area (Å²) >= 11 is 0. The van der Waals surface area contributed by atoms with Gasteiger partial charge in [0.1, 0.15) is 11.5 Å². The first-order valence-corrected chi connectivity index (χ1v) is 12.9. The van der Waals surface area contributed by atoms with Crippen molar-refractivity contribution in [2.75, 3.05) is 31.1 Å². The van der Waals surface area contributed by atoms with Crippen LogP contribution in [0.5, 0.6) is 0 Å². The van der Waals surface area contributed by atoms with Crippen LogP contribution in [0.4, 0.5) is 11.4 Å². The van der Waals surface area contributed by atoms with Crippen molar-refractivity contribution in [3.8, 4) is 0 Å². The number of imidazole rings is 1. The third kappa shape index (κ3) is 4.20. The van der Waals surface area contributed by atoms with E-state index in [0.717, 1.165) is 49.0 Å². The first-order chi connectivity index (χ1) is 15.9. The van der Waals surface area contributed by atoms with Gasteiger partial charge in [-0.3, -0.25) is 10.1 Å². The van der Waals surface area contributed by atoms with Crippen LogP contribution < -0.4 is 4.90 Å². The van der Waals surface area contributed by atoms with Crippen LogP contribution in [0, 0.1) is 10.1 Å². The van der Waals surface area contributed by atoms with Crippen LogP contribution in [0.3, 0.4) is 0 Å². The number of aromatic nitrogens is 2. The van der Waals surface area contributed by atoms with Crippen LogP contribution in [0.1, 0.15) is 43.8 Å². The Labute approximate surface area is 192 Å². The number of hydrogen-bond acceptors (Lipinski definition) is 6. The number of para-hydroxylation sites is 2. The predicted octanol–water partition coefficient (Wildman–Crippen LogP) is 4.03. The Morgan fingerprint density at radius 2 is 1.82 bits per heavy atom. The molecule has 0 radical (unpaired) electrons. The molecule has 1 N–H and O–H groups in total. The highest BCUT2D eigenvalue weighted by molar-refractivity contribution is 7.89. The van der Waals surface area contributed by atoms with Gasteiger partial charge in [-0.25, -0.2) is 13.4 Å². The molecule has 10 heteroatoms. The molecule has 2 saturated heterocycles. The monoisotopic (exact) mass is 469 g/mol. The number of aromatic amines is 1. The van der Waals surface area contributed by atoms with Gasteiger partial charge in [0.15, 0.2) is 0 Å². The van der Waals surface area contributed by atoms with E-state index in [4.69, 9.17) is 4.98 Å². The molecule has 2 aromatic carbocycles. The highest BCUT2D eigenvalue weighted by Crippen LogP contribution is 2.36. The minimum absolute atomic E-state index is 0.00862. The molecule has 0 spiro atoms. The SMILES string of the molecule is O=[N+]([O-])c1cc(S(=O)(=O)N2CCCCC2)ccc1N1CCCC(c2nc3ccccc3[nH]2)C1. The van der Waals surface area contributed by atoms with Gasteiger partial charge in [-0.2, -0.15) is 4.31 Å². The van der Waals surface area contributed by atoms with E-state index in [9.17, 15) is 18.5 Å². The van der Waals surface area contributed by atoms with Gasteiger partial charge in [-0.1, -0.05) is 18.6 Å². The lowest BCUT2D eigenvalue weighted by atomic mass is 9.96. The number of hydrogen-bond donors (Lipinski definition) is 1. The van der Waals surface area contributed by atoms with Crippen molar-refractivity contribution in [3.63, 3.8) is 0 Å². The van der Waals surface area contributed by atoms with Crippen molar-refractivity contribution in [3.05, 3.63) is 58.4 Å². The quantitative estimate of drug-likeness (QED) is 0.446. The molecule has 0 amide bonds. The van der Waals surface area contributed by atoms with E-state index in [2.05, 4.69) is 4.98 Å². The second-order valence-electron chi connectivity index (χ2n) is 8.80. The fraction of sp³-hybridized carbons (Fsp3) is 0.435. The Kier molecular flexibility index (Phi) is 5.79. The van der Waals surface area contributed by atoms with Crippen molar-refractivity contribution in [2.45, 2.75) is 42.9 Å². The summed E-state index contributed by atoms with van der Waals surface area (Å²) in [6, 6.07) is 12.2. The van der Waals surface area contributed by atoms with Crippen LogP contribution in [0.2, 0.25) is 0 Å². The van der Waals surface area contributed by atoms with Crippen molar-refractivity contribution in [1.82, 2.24) is 14.3 Å². The van der Waals surface area contributed by atoms with E-state index < -0.39 is 14.9 Å². The van der Waals surface area contributed by atoms with Crippen molar-refractivity contribution in [1.29, 1.82) is 0 Å². The molecular weight excluding hydrogens is 442 g/mol. The van der Waals surface area contributed by atoms with Crippen molar-refractivity contribution >= 4 is 32.4 Å². The van der Waals surface area contributed by atoms with Crippen LogP contribution >= 0.6 is 0 Å². The fourth-order valence-corrected chi connectivity index (χ4v) is 6.45. The summed E-state index contributed by atoms with van der Waals surface area (Å²) in [5.41, 5.74) is 2.17. The topological polar surface area (TPSA) is 112 Å². The summed E-state index contributed by atoms with van der Waals surface area (Å²) in [7, 11) is -3.74. The molecule has 2 fully saturated rings. The number of fused-ring (bicyclic) bond motifs is 1. The van der Waals surface area contributed by atoms with Crippen LogP contribution in [-0.2, 0) is 10.0 Å². The average molecular weight is 470 g/mol. The van der Waals surface area contributed by atoms with Gasteiger partial charge in [-0.05, 0) is 49.9 Å². The van der Waals surface area contributed by atoms with Crippen molar-refractivity contribution < 1.29 is 13.3 Å². The Bertz CT molecular complexity index is 1250. The van der Waals surface area contributed by atoms with E-state index in [-0.39, 0.29) is 16.5 Å². The molecule has 3 aromatic rings. The fourth-order valence-electron chi connectivity index (χ4n) is 4.92. The average Bonchev–Trinajstić information content (AvgIpc) is 3.29. The van der Waals surface area contributed by atoms with Gasteiger partial charge < -0.3 is 9.88 Å². The number of anilines is 1. The number of H-pyrrole nitrogens is 1. The Balaban J connectivity index is 1.43. The molecule has 5 rings (SSSR count). The van der Waals surface area contributed by atoms with Crippen molar-refractivity contribution in [2.24, 2.45) is 0 Å². The minimum atomic E-state index is -3.74. The molecule has 0 aliphatic carbocycles. The molecule has 2 aliphatic heterocycles. The van der Waals surface area contributed by atoms with Crippen LogP contribution in [0.15, 0.2) is 47.4 Å². The van der Waals surface area contributed by atoms with Gasteiger partial charge >= 0.3 is 0 Å². The lowest BCUT2D eigenvalue weighted by molar-refractivity contribution is -0.384. The molecule has 0 bridgehead atoms. The summed E-state index contributed by atoms with van der Waals surface area (Å²) < 4.78 is 27.5. The Morgan fingerprint density at radius 3 is 2.58 bits per heavy atom. The maximum atomic E-state index is 13.0. The molecule has 1 unspecified atom stereocenters. The largest absolute Gasteiger partial charge is 0.365 e. The van der Waals surface area contributed by atoms with Gasteiger partial charge in [0.05, 0.1) is 20.9 Å². The standard InChI is InChI=1S/C23H27N5O4S/c29-28(30)22-15-18(33(31,32)27-13-4-1-5-14-27)10-11-21(22)26-12-6-7-17(16-26)23-24-19-8-2-3-9-20(19)25-23/h2-3,8-11,15,17H,1,4-7,12-14,16H2,(H,24,25). The van der Waals surface area contributed by atoms with E-state index in [1.807, 2.05) is 29.2 Å². The number of nitrogens with zero attached hydrogens (tertiary/aromatic N) is 4. The third-order valence-corrected chi connectivity index (χ3v) is 8.55. The van der Waals surface area contributed by atoms with Gasteiger partial charge in [-0.15, -0.1) is 0 Å². The van der Waals surface area contributed by atoms with E-state index in [1.54, 1.807) is 6.07 Å². The Morgan fingerprint density at radius 1 is 1.03 bits per heavy atom. The molecule has 2 aliphatic rings. The number of rotatable bonds is 5. The molecule has 33 heavy (non-hydrogen) atoms. The number of piperidine rings is 2. The van der Waals surface area contributed by atoms with Gasteiger partial charge in [0, 0.05) is 38.2 Å². The van der Waals surface area contributed by atoms with Gasteiger partial charge in [0.25, 0.3) is 5.69 Å². The highest BCUT2D eigenvalue weighted by Gasteiger charge is 2.32. The number of sulfonamides is 1. The molecule has 9 nitrogen and oxygen atoms in total. The first-order valence-electron chi connectivity index (χ1n) is 11.4. The molecule has 0 saturated carbocycles. The number of nitrogens with one attached hydrogen (secondary N) is 1. The van der Waals surface area contributed by atoms with Crippen LogP contribution in [0.25, 0.3) is 11.0 Å². The maximum absolute atomic E-state index is 13.0. The van der Waals surface area contributed by atoms with E-state index >= 15 is 0 Å². The summed E-state index contributed by atoms with van der Waals surface area (Å²) in [4.78, 5) is 21.5. The maximum Gasteiger partial charge on any atom is 0.293 e. The number of benzene rings is 2. The second-order valence-corrected chi connectivity index (χ2v) is 10.7. The lowest BCUT2D eigenvalue weighted by Gasteiger charge is -2.33. The summed E-state index contributed by atoms with van der Waals surface area (Å²) in [6.45, 7) is 2.18. The first kappa shape index (κ1) is 21.8. The smallest absolute Gasteiger partial charge is 0.293 e. The molecule has 3 heterocycles. The minimum Gasteiger partial charge on any atom is -0.365 e. The summed E-state index contributed by atoms with van der Waals surface area (Å²) in [5.74, 6) is 0.996. The normalized spacial score (nSPS) is 20.2. The zero-order chi connectivity index (χ0) is 23.0. The molecular formula is C23H27N5O4S. The Hall–Kier alpha value is -2.98. The third-order valence-electron chi connectivity index (χ3n) is 6.65. The molecule has 1 atom stereocenters.